The van der Waals surface area contributed by atoms with Crippen molar-refractivity contribution >= 4 is 31.7 Å². The fourth-order valence-electron chi connectivity index (χ4n) is 1.74. The van der Waals surface area contributed by atoms with Crippen LogP contribution in [0.4, 0.5) is 18.9 Å². The predicted octanol–water partition coefficient (Wildman–Crippen LogP) is 4.14. The van der Waals surface area contributed by atoms with Gasteiger partial charge in [0.2, 0.25) is 0 Å². The molecule has 11 heteroatoms. The molecule has 0 unspecified atom stereocenters. The van der Waals surface area contributed by atoms with E-state index in [9.17, 15) is 31.7 Å². The fourth-order valence-corrected chi connectivity index (χ4v) is 3.38. The van der Waals surface area contributed by atoms with Gasteiger partial charge in [0.15, 0.2) is 5.75 Å². The molecule has 6 nitrogen and oxygen atoms in total. The van der Waals surface area contributed by atoms with Crippen molar-refractivity contribution in [1.29, 1.82) is 0 Å². The number of halogens is 4. The maximum atomic E-state index is 12.9. The first-order chi connectivity index (χ1) is 11.0. The average Bonchev–Trinajstić information content (AvgIpc) is 2.45. The van der Waals surface area contributed by atoms with Crippen LogP contribution < -0.4 is 4.18 Å². The molecule has 128 valence electrons. The van der Waals surface area contributed by atoms with E-state index >= 15 is 0 Å². The lowest BCUT2D eigenvalue weighted by Crippen LogP contribution is -2.14. The average molecular weight is 426 g/mol. The largest absolute Gasteiger partial charge is 0.420 e. The lowest BCUT2D eigenvalue weighted by atomic mass is 10.2. The van der Waals surface area contributed by atoms with Crippen LogP contribution in [0.3, 0.4) is 0 Å². The summed E-state index contributed by atoms with van der Waals surface area (Å²) >= 11 is 2.90. The third kappa shape index (κ3) is 4.03. The zero-order valence-corrected chi connectivity index (χ0v) is 13.9. The Hall–Kier alpha value is -2.14. The van der Waals surface area contributed by atoms with Crippen LogP contribution in [0.5, 0.6) is 5.75 Å². The van der Waals surface area contributed by atoms with Crippen LogP contribution in [0.15, 0.2) is 51.8 Å². The molecule has 0 atom stereocenters. The maximum Gasteiger partial charge on any atom is 0.420 e. The van der Waals surface area contributed by atoms with Gasteiger partial charge in [0.05, 0.1) is 10.5 Å². The molecule has 2 aromatic rings. The number of benzene rings is 2. The molecule has 0 aliphatic rings. The first-order valence-corrected chi connectivity index (χ1v) is 8.26. The number of nitro benzene ring substituents is 1. The SMILES string of the molecule is O=[N+]([O-])c1cc(Br)cc(S(=O)(=O)Oc2ccccc2C(F)(F)F)c1. The van der Waals surface area contributed by atoms with Gasteiger partial charge in [-0.05, 0) is 18.2 Å². The highest BCUT2D eigenvalue weighted by atomic mass is 79.9. The van der Waals surface area contributed by atoms with Crippen molar-refractivity contribution < 1.29 is 30.7 Å². The molecule has 2 aromatic carbocycles. The van der Waals surface area contributed by atoms with E-state index < -0.39 is 43.1 Å². The van der Waals surface area contributed by atoms with Gasteiger partial charge < -0.3 is 4.18 Å². The molecule has 0 aliphatic heterocycles. The summed E-state index contributed by atoms with van der Waals surface area (Å²) < 4.78 is 67.6. The minimum atomic E-state index is -4.82. The number of nitrogens with zero attached hydrogens (tertiary/aromatic N) is 1. The van der Waals surface area contributed by atoms with E-state index in [1.807, 2.05) is 0 Å². The van der Waals surface area contributed by atoms with Gasteiger partial charge in [0.25, 0.3) is 5.69 Å². The van der Waals surface area contributed by atoms with E-state index in [1.165, 1.54) is 6.07 Å². The Balaban J connectivity index is 2.49. The van der Waals surface area contributed by atoms with Crippen LogP contribution in [0.2, 0.25) is 0 Å². The molecule has 24 heavy (non-hydrogen) atoms. The number of hydrogen-bond acceptors (Lipinski definition) is 5. The Morgan fingerprint density at radius 1 is 1.12 bits per heavy atom. The van der Waals surface area contributed by atoms with Crippen molar-refractivity contribution in [3.63, 3.8) is 0 Å². The van der Waals surface area contributed by atoms with Crippen LogP contribution in [0.1, 0.15) is 5.56 Å². The Morgan fingerprint density at radius 3 is 2.33 bits per heavy atom. The smallest absolute Gasteiger partial charge is 0.378 e. The Kier molecular flexibility index (Phi) is 4.85. The third-order valence-corrected chi connectivity index (χ3v) is 4.42. The number of alkyl halides is 3. The van der Waals surface area contributed by atoms with Crippen LogP contribution in [0, 0.1) is 10.1 Å². The molecule has 0 saturated heterocycles. The molecular weight excluding hydrogens is 419 g/mol. The molecule has 0 N–H and O–H groups in total. The van der Waals surface area contributed by atoms with E-state index in [4.69, 9.17) is 0 Å². The minimum Gasteiger partial charge on any atom is -0.378 e. The van der Waals surface area contributed by atoms with Crippen LogP contribution in [-0.2, 0) is 16.3 Å². The summed E-state index contributed by atoms with van der Waals surface area (Å²) in [5.41, 5.74) is -1.84. The molecule has 0 amide bonds. The first-order valence-electron chi connectivity index (χ1n) is 6.06. The Morgan fingerprint density at radius 2 is 1.75 bits per heavy atom. The van der Waals surface area contributed by atoms with Gasteiger partial charge in [-0.15, -0.1) is 0 Å². The Bertz CT molecular complexity index is 899. The molecule has 0 saturated carbocycles. The van der Waals surface area contributed by atoms with E-state index in [1.54, 1.807) is 0 Å². The Labute approximate surface area is 142 Å². The van der Waals surface area contributed by atoms with E-state index in [2.05, 4.69) is 20.1 Å². The van der Waals surface area contributed by atoms with Crippen LogP contribution in [-0.4, -0.2) is 13.3 Å². The molecule has 0 bridgehead atoms. The number of para-hydroxylation sites is 1. The summed E-state index contributed by atoms with van der Waals surface area (Å²) in [6.45, 7) is 0. The number of nitro groups is 1. The standard InChI is InChI=1S/C13H7BrF3NO5S/c14-8-5-9(18(19)20)7-10(6-8)24(21,22)23-12-4-2-1-3-11(12)13(15,16)17/h1-7H. The zero-order valence-electron chi connectivity index (χ0n) is 11.5. The normalized spacial score (nSPS) is 12.0. The molecule has 0 fully saturated rings. The van der Waals surface area contributed by atoms with Gasteiger partial charge in [0.1, 0.15) is 4.90 Å². The van der Waals surface area contributed by atoms with Crippen LogP contribution in [0.25, 0.3) is 0 Å². The number of non-ortho nitro benzene ring substituents is 1. The molecule has 0 heterocycles. The summed E-state index contributed by atoms with van der Waals surface area (Å²) in [5, 5.41) is 10.8. The summed E-state index contributed by atoms with van der Waals surface area (Å²) in [4.78, 5) is 9.28. The van der Waals surface area contributed by atoms with Crippen molar-refractivity contribution in [1.82, 2.24) is 0 Å². The lowest BCUT2D eigenvalue weighted by Gasteiger charge is -2.13. The predicted molar refractivity (Wildman–Crippen MR) is 80.1 cm³/mol. The van der Waals surface area contributed by atoms with E-state index in [0.717, 1.165) is 24.3 Å². The highest BCUT2D eigenvalue weighted by molar-refractivity contribution is 9.10. The monoisotopic (exact) mass is 425 g/mol. The van der Waals surface area contributed by atoms with Gasteiger partial charge in [-0.25, -0.2) is 0 Å². The van der Waals surface area contributed by atoms with Gasteiger partial charge >= 0.3 is 16.3 Å². The second-order valence-electron chi connectivity index (χ2n) is 4.43. The molecule has 0 aromatic heterocycles. The molecule has 0 radical (unpaired) electrons. The minimum absolute atomic E-state index is 0.0583. The first kappa shape index (κ1) is 18.2. The number of hydrogen-bond donors (Lipinski definition) is 0. The summed E-state index contributed by atoms with van der Waals surface area (Å²) in [6, 6.07) is 6.47. The summed E-state index contributed by atoms with van der Waals surface area (Å²) in [7, 11) is -4.71. The lowest BCUT2D eigenvalue weighted by molar-refractivity contribution is -0.385. The van der Waals surface area contributed by atoms with Crippen molar-refractivity contribution in [2.24, 2.45) is 0 Å². The van der Waals surface area contributed by atoms with Crippen molar-refractivity contribution in [3.8, 4) is 5.75 Å². The van der Waals surface area contributed by atoms with E-state index in [-0.39, 0.29) is 4.47 Å². The summed E-state index contributed by atoms with van der Waals surface area (Å²) in [6.07, 6.45) is -4.82. The van der Waals surface area contributed by atoms with Crippen molar-refractivity contribution in [2.75, 3.05) is 0 Å². The second-order valence-corrected chi connectivity index (χ2v) is 6.90. The van der Waals surface area contributed by atoms with Crippen LogP contribution >= 0.6 is 15.9 Å². The highest BCUT2D eigenvalue weighted by Gasteiger charge is 2.35. The third-order valence-electron chi connectivity index (χ3n) is 2.75. The molecule has 0 aliphatic carbocycles. The molecular formula is C13H7BrF3NO5S. The maximum absolute atomic E-state index is 12.9. The van der Waals surface area contributed by atoms with Gasteiger partial charge in [0, 0.05) is 16.6 Å². The highest BCUT2D eigenvalue weighted by Crippen LogP contribution is 2.37. The van der Waals surface area contributed by atoms with Crippen molar-refractivity contribution in [2.45, 2.75) is 11.1 Å². The quantitative estimate of drug-likeness (QED) is 0.417. The number of rotatable bonds is 4. The zero-order chi connectivity index (χ0) is 18.1. The van der Waals surface area contributed by atoms with Gasteiger partial charge in [-0.3, -0.25) is 10.1 Å². The fraction of sp³-hybridized carbons (Fsp3) is 0.0769. The molecule has 2 rings (SSSR count). The van der Waals surface area contributed by atoms with Crippen molar-refractivity contribution in [3.05, 3.63) is 62.6 Å². The second kappa shape index (κ2) is 6.40. The summed E-state index contributed by atoms with van der Waals surface area (Å²) in [5.74, 6) is -0.923. The topological polar surface area (TPSA) is 86.5 Å². The van der Waals surface area contributed by atoms with Gasteiger partial charge in [-0.1, -0.05) is 28.1 Å². The van der Waals surface area contributed by atoms with E-state index in [0.29, 0.717) is 12.1 Å². The molecule has 0 spiro atoms. The van der Waals surface area contributed by atoms with Gasteiger partial charge in [-0.2, -0.15) is 21.6 Å².